The highest BCUT2D eigenvalue weighted by Gasteiger charge is 2.76. The molecule has 3 unspecified atom stereocenters. The number of hydrogen-bond acceptors (Lipinski definition) is 5. The third-order valence-corrected chi connectivity index (χ3v) is 12.9. The lowest BCUT2D eigenvalue weighted by atomic mass is 9.70. The Morgan fingerprint density at radius 3 is 2.13 bits per heavy atom. The van der Waals surface area contributed by atoms with Crippen LogP contribution >= 0.6 is 27.7 Å². The fourth-order valence-corrected chi connectivity index (χ4v) is 11.4. The number of para-hydroxylation sites is 1. The molecule has 6 rings (SSSR count). The standard InChI is InChI=1S/C38H40BrN3O4S/c1-3-20-40(24-27-16-10-6-11-17-27)37(46)34-38-23-30(39)33(47-38)31(35(44)41(21-4-2)28-18-12-7-13-19-28)32(38)36(45)42(34)29(25-43)22-26-14-8-5-9-15-26/h3-19,29-34,43H,1-2,20-25H2/t29-,30?,31-,32+,33-,34?,38?/m1/s1. The zero-order chi connectivity index (χ0) is 33.1. The summed E-state index contributed by atoms with van der Waals surface area (Å²) in [5, 5.41) is 10.7. The van der Waals surface area contributed by atoms with Crippen LogP contribution < -0.4 is 4.90 Å². The number of fused-ring (bicyclic) bond motifs is 1. The van der Waals surface area contributed by atoms with Crippen molar-refractivity contribution in [3.05, 3.63) is 127 Å². The number of aliphatic hydroxyl groups is 1. The number of likely N-dealkylation sites (tertiary alicyclic amines) is 1. The molecule has 0 aliphatic carbocycles. The molecule has 3 aliphatic heterocycles. The number of thioether (sulfide) groups is 1. The summed E-state index contributed by atoms with van der Waals surface area (Å²) >= 11 is 5.50. The van der Waals surface area contributed by atoms with E-state index < -0.39 is 28.7 Å². The van der Waals surface area contributed by atoms with E-state index in [1.54, 1.807) is 38.6 Å². The molecule has 3 aromatic carbocycles. The first-order valence-electron chi connectivity index (χ1n) is 16.0. The largest absolute Gasteiger partial charge is 0.394 e. The van der Waals surface area contributed by atoms with Crippen molar-refractivity contribution < 1.29 is 19.5 Å². The van der Waals surface area contributed by atoms with E-state index in [1.165, 1.54) is 0 Å². The molecule has 2 bridgehead atoms. The summed E-state index contributed by atoms with van der Waals surface area (Å²) in [4.78, 5) is 49.6. The molecule has 1 N–H and O–H groups in total. The van der Waals surface area contributed by atoms with Gasteiger partial charge in [-0.2, -0.15) is 0 Å². The predicted molar refractivity (Wildman–Crippen MR) is 191 cm³/mol. The Morgan fingerprint density at radius 1 is 0.936 bits per heavy atom. The van der Waals surface area contributed by atoms with Gasteiger partial charge >= 0.3 is 0 Å². The Balaban J connectivity index is 1.44. The van der Waals surface area contributed by atoms with E-state index in [0.29, 0.717) is 32.5 Å². The van der Waals surface area contributed by atoms with Gasteiger partial charge in [-0.15, -0.1) is 24.9 Å². The van der Waals surface area contributed by atoms with Crippen LogP contribution in [-0.4, -0.2) is 79.2 Å². The summed E-state index contributed by atoms with van der Waals surface area (Å²) < 4.78 is -0.857. The molecule has 3 fully saturated rings. The Bertz CT molecular complexity index is 1610. The van der Waals surface area contributed by atoms with Gasteiger partial charge in [0.1, 0.15) is 6.04 Å². The van der Waals surface area contributed by atoms with Gasteiger partial charge in [0.25, 0.3) is 0 Å². The van der Waals surface area contributed by atoms with Crippen LogP contribution in [0.5, 0.6) is 0 Å². The molecular weight excluding hydrogens is 674 g/mol. The van der Waals surface area contributed by atoms with E-state index in [9.17, 15) is 14.7 Å². The molecule has 3 saturated heterocycles. The number of carbonyl (C=O) groups is 3. The summed E-state index contributed by atoms with van der Waals surface area (Å²) in [6, 6.07) is 27.4. The molecule has 0 saturated carbocycles. The molecule has 3 heterocycles. The van der Waals surface area contributed by atoms with Crippen LogP contribution in [0, 0.1) is 11.8 Å². The van der Waals surface area contributed by atoms with Crippen molar-refractivity contribution in [2.24, 2.45) is 11.8 Å². The van der Waals surface area contributed by atoms with Crippen LogP contribution in [0.1, 0.15) is 17.5 Å². The molecule has 0 radical (unpaired) electrons. The van der Waals surface area contributed by atoms with Gasteiger partial charge in [0.2, 0.25) is 17.7 Å². The molecule has 0 aromatic heterocycles. The summed E-state index contributed by atoms with van der Waals surface area (Å²) in [5.74, 6) is -1.97. The molecule has 9 heteroatoms. The average Bonchev–Trinajstić information content (AvgIpc) is 3.69. The van der Waals surface area contributed by atoms with Gasteiger partial charge < -0.3 is 19.8 Å². The number of amides is 3. The predicted octanol–water partition coefficient (Wildman–Crippen LogP) is 5.49. The summed E-state index contributed by atoms with van der Waals surface area (Å²) in [5.41, 5.74) is 2.66. The number of halogens is 1. The SMILES string of the molecule is C=CCN(Cc1ccccc1)C(=O)C1N([C@@H](CO)Cc2ccccc2)C(=O)[C@@H]2[C@@H](C(=O)N(CC=C)c3ccccc3)[C@@H]3SC12CC3Br. The summed E-state index contributed by atoms with van der Waals surface area (Å²) in [7, 11) is 0. The van der Waals surface area contributed by atoms with E-state index in [-0.39, 0.29) is 34.4 Å². The van der Waals surface area contributed by atoms with Crippen molar-refractivity contribution in [3.8, 4) is 0 Å². The lowest BCUT2D eigenvalue weighted by molar-refractivity contribution is -0.145. The smallest absolute Gasteiger partial charge is 0.247 e. The number of nitrogens with zero attached hydrogens (tertiary/aromatic N) is 3. The second-order valence-corrected chi connectivity index (χ2v) is 15.2. The van der Waals surface area contributed by atoms with Gasteiger partial charge in [-0.3, -0.25) is 14.4 Å². The van der Waals surface area contributed by atoms with Crippen molar-refractivity contribution in [1.29, 1.82) is 0 Å². The van der Waals surface area contributed by atoms with Gasteiger partial charge in [0.15, 0.2) is 0 Å². The van der Waals surface area contributed by atoms with E-state index in [1.807, 2.05) is 91.0 Å². The highest BCUT2D eigenvalue weighted by atomic mass is 79.9. The van der Waals surface area contributed by atoms with E-state index >= 15 is 4.79 Å². The second-order valence-electron chi connectivity index (χ2n) is 12.5. The fraction of sp³-hybridized carbons (Fsp3) is 0.342. The number of rotatable bonds is 13. The van der Waals surface area contributed by atoms with Gasteiger partial charge in [-0.1, -0.05) is 107 Å². The Morgan fingerprint density at radius 2 is 1.53 bits per heavy atom. The van der Waals surface area contributed by atoms with E-state index in [2.05, 4.69) is 29.1 Å². The van der Waals surface area contributed by atoms with Crippen molar-refractivity contribution in [2.75, 3.05) is 24.6 Å². The van der Waals surface area contributed by atoms with Crippen LogP contribution in [0.2, 0.25) is 0 Å². The first-order chi connectivity index (χ1) is 22.8. The van der Waals surface area contributed by atoms with Gasteiger partial charge in [-0.05, 0) is 36.1 Å². The average molecular weight is 715 g/mol. The number of carbonyl (C=O) groups excluding carboxylic acids is 3. The lowest BCUT2D eigenvalue weighted by Gasteiger charge is -2.40. The van der Waals surface area contributed by atoms with Gasteiger partial charge in [0, 0.05) is 35.4 Å². The minimum absolute atomic E-state index is 0.0780. The van der Waals surface area contributed by atoms with Crippen LogP contribution in [0.25, 0.3) is 0 Å². The Hall–Kier alpha value is -3.66. The maximum absolute atomic E-state index is 15.0. The number of aliphatic hydroxyl groups excluding tert-OH is 1. The summed E-state index contributed by atoms with van der Waals surface area (Å²) in [6.07, 6.45) is 4.34. The fourth-order valence-electron chi connectivity index (χ4n) is 7.76. The molecule has 3 aromatic rings. The highest BCUT2D eigenvalue weighted by Crippen LogP contribution is 2.68. The number of hydrogen-bond donors (Lipinski definition) is 1. The second kappa shape index (κ2) is 14.2. The van der Waals surface area contributed by atoms with Crippen molar-refractivity contribution in [1.82, 2.24) is 9.80 Å². The topological polar surface area (TPSA) is 81.2 Å². The van der Waals surface area contributed by atoms with Gasteiger partial charge in [-0.25, -0.2) is 0 Å². The highest BCUT2D eigenvalue weighted by molar-refractivity contribution is 9.09. The normalized spacial score (nSPS) is 26.5. The van der Waals surface area contributed by atoms with Crippen LogP contribution in [-0.2, 0) is 27.3 Å². The minimum atomic E-state index is -0.873. The van der Waals surface area contributed by atoms with E-state index in [4.69, 9.17) is 0 Å². The van der Waals surface area contributed by atoms with Crippen molar-refractivity contribution >= 4 is 51.1 Å². The first kappa shape index (κ1) is 33.2. The number of alkyl halides is 1. The van der Waals surface area contributed by atoms with E-state index in [0.717, 1.165) is 16.8 Å². The Kier molecular flexibility index (Phi) is 10.1. The molecule has 3 amide bonds. The molecule has 244 valence electrons. The quantitative estimate of drug-likeness (QED) is 0.187. The molecular formula is C38H40BrN3O4S. The lowest BCUT2D eigenvalue weighted by Crippen LogP contribution is -2.58. The molecule has 7 nitrogen and oxygen atoms in total. The molecule has 3 aliphatic rings. The number of benzene rings is 3. The third-order valence-electron chi connectivity index (χ3n) is 9.69. The van der Waals surface area contributed by atoms with Crippen LogP contribution in [0.15, 0.2) is 116 Å². The van der Waals surface area contributed by atoms with Crippen LogP contribution in [0.4, 0.5) is 5.69 Å². The monoisotopic (exact) mass is 713 g/mol. The number of anilines is 1. The maximum atomic E-state index is 15.0. The molecule has 47 heavy (non-hydrogen) atoms. The molecule has 1 spiro atoms. The zero-order valence-corrected chi connectivity index (χ0v) is 28.6. The first-order valence-corrected chi connectivity index (χ1v) is 17.8. The molecule has 7 atom stereocenters. The summed E-state index contributed by atoms with van der Waals surface area (Å²) in [6.45, 7) is 8.46. The minimum Gasteiger partial charge on any atom is -0.394 e. The zero-order valence-electron chi connectivity index (χ0n) is 26.2. The van der Waals surface area contributed by atoms with Crippen LogP contribution in [0.3, 0.4) is 0 Å². The third kappa shape index (κ3) is 6.09. The van der Waals surface area contributed by atoms with Gasteiger partial charge in [0.05, 0.1) is 29.2 Å². The van der Waals surface area contributed by atoms with Crippen molar-refractivity contribution in [3.63, 3.8) is 0 Å². The Labute approximate surface area is 289 Å². The van der Waals surface area contributed by atoms with Crippen molar-refractivity contribution in [2.45, 2.75) is 46.3 Å². The maximum Gasteiger partial charge on any atom is 0.247 e.